The molecule has 4 aliphatic rings. The van der Waals surface area contributed by atoms with Crippen molar-refractivity contribution in [3.63, 3.8) is 0 Å². The molecule has 1 aromatic heterocycles. The first-order valence-corrected chi connectivity index (χ1v) is 13.8. The second kappa shape index (κ2) is 9.48. The van der Waals surface area contributed by atoms with Crippen LogP contribution in [-0.4, -0.2) is 34.8 Å². The Morgan fingerprint density at radius 1 is 1.20 bits per heavy atom. The Morgan fingerprint density at radius 3 is 2.74 bits per heavy atom. The van der Waals surface area contributed by atoms with Gasteiger partial charge in [0, 0.05) is 18.7 Å². The number of aryl methyl sites for hydroxylation is 1. The van der Waals surface area contributed by atoms with E-state index in [1.807, 2.05) is 13.8 Å². The van der Waals surface area contributed by atoms with Gasteiger partial charge in [-0.1, -0.05) is 6.92 Å². The summed E-state index contributed by atoms with van der Waals surface area (Å²) in [6.45, 7) is 7.41. The topological polar surface area (TPSA) is 95.2 Å². The van der Waals surface area contributed by atoms with E-state index in [-0.39, 0.29) is 17.2 Å². The summed E-state index contributed by atoms with van der Waals surface area (Å²) in [5.74, 6) is 4.10. The van der Waals surface area contributed by atoms with Gasteiger partial charge < -0.3 is 15.2 Å². The third-order valence-electron chi connectivity index (χ3n) is 10.4. The van der Waals surface area contributed by atoms with Gasteiger partial charge in [0.05, 0.1) is 17.8 Å². The molecule has 0 spiro atoms. The number of carbonyl (C=O) groups is 1. The lowest BCUT2D eigenvalue weighted by molar-refractivity contribution is -0.135. The molecule has 6 nitrogen and oxygen atoms in total. The van der Waals surface area contributed by atoms with Gasteiger partial charge in [0.2, 0.25) is 5.91 Å². The van der Waals surface area contributed by atoms with Crippen LogP contribution in [-0.2, 0) is 9.53 Å². The first kappa shape index (κ1) is 24.7. The van der Waals surface area contributed by atoms with Gasteiger partial charge in [-0.25, -0.2) is 4.98 Å². The number of fused-ring (bicyclic) bond motifs is 5. The lowest BCUT2D eigenvalue weighted by Gasteiger charge is -2.57. The predicted molar refractivity (Wildman–Crippen MR) is 134 cm³/mol. The van der Waals surface area contributed by atoms with E-state index >= 15 is 0 Å². The summed E-state index contributed by atoms with van der Waals surface area (Å²) >= 11 is 0. The van der Waals surface area contributed by atoms with Crippen molar-refractivity contribution < 1.29 is 14.6 Å². The lowest BCUT2D eigenvalue weighted by Crippen LogP contribution is -2.52. The van der Waals surface area contributed by atoms with Crippen molar-refractivity contribution in [3.05, 3.63) is 23.4 Å². The first-order valence-electron chi connectivity index (χ1n) is 13.8. The van der Waals surface area contributed by atoms with Crippen LogP contribution in [0.4, 0.5) is 5.82 Å². The highest BCUT2D eigenvalue weighted by molar-refractivity contribution is 5.93. The molecule has 1 aromatic rings. The molecular formula is C29H41N3O3. The zero-order chi connectivity index (χ0) is 24.8. The highest BCUT2D eigenvalue weighted by Crippen LogP contribution is 2.64. The van der Waals surface area contributed by atoms with E-state index in [9.17, 15) is 9.90 Å². The Hall–Kier alpha value is -1.97. The molecular weight excluding hydrogens is 438 g/mol. The van der Waals surface area contributed by atoms with Gasteiger partial charge >= 0.3 is 0 Å². The smallest absolute Gasteiger partial charge is 0.229 e. The summed E-state index contributed by atoms with van der Waals surface area (Å²) < 4.78 is 5.62. The fraction of sp³-hybridized carbons (Fsp3) is 0.759. The molecule has 190 valence electrons. The van der Waals surface area contributed by atoms with Crippen LogP contribution < -0.4 is 5.32 Å². The van der Waals surface area contributed by atoms with Crippen molar-refractivity contribution in [2.24, 2.45) is 40.9 Å². The second-order valence-corrected chi connectivity index (χ2v) is 12.2. The fourth-order valence-electron chi connectivity index (χ4n) is 8.79. The molecule has 35 heavy (non-hydrogen) atoms. The Morgan fingerprint density at radius 2 is 2.00 bits per heavy atom. The number of nitrogens with zero attached hydrogens (tertiary/aromatic N) is 2. The van der Waals surface area contributed by atoms with Crippen molar-refractivity contribution in [1.82, 2.24) is 4.98 Å². The van der Waals surface area contributed by atoms with Crippen molar-refractivity contribution in [2.45, 2.75) is 84.2 Å². The molecule has 4 fully saturated rings. The van der Waals surface area contributed by atoms with E-state index in [1.54, 1.807) is 6.07 Å². The molecule has 4 aliphatic carbocycles. The number of pyridine rings is 1. The summed E-state index contributed by atoms with van der Waals surface area (Å²) in [5.41, 5.74) is 0.756. The molecule has 0 unspecified atom stereocenters. The molecule has 8 atom stereocenters. The van der Waals surface area contributed by atoms with E-state index < -0.39 is 5.60 Å². The number of anilines is 1. The zero-order valence-electron chi connectivity index (χ0n) is 21.6. The molecule has 0 radical (unpaired) electrons. The zero-order valence-corrected chi connectivity index (χ0v) is 21.6. The van der Waals surface area contributed by atoms with Crippen LogP contribution in [0.1, 0.15) is 82.8 Å². The first-order chi connectivity index (χ1) is 16.8. The number of hydrogen-bond acceptors (Lipinski definition) is 5. The standard InChI is InChI=1S/C29H41N3O3/c1-4-35-17-29(34)12-10-21-20(14-29)5-6-23-22(21)9-11-28(3)24(23)7-8-25(28)27(33)32-26-18(2)13-19(15-30)16-31-26/h13,16,20-25,34H,4-12,14,17H2,1-3H3,(H,31,32,33)/t20-,21+,22-,23-,24+,25-,28+,29-/m1/s1. The molecule has 6 heteroatoms. The van der Waals surface area contributed by atoms with Gasteiger partial charge in [-0.05, 0) is 118 Å². The van der Waals surface area contributed by atoms with Gasteiger partial charge in [-0.3, -0.25) is 4.79 Å². The van der Waals surface area contributed by atoms with E-state index in [0.717, 1.165) is 55.9 Å². The molecule has 0 bridgehead atoms. The van der Waals surface area contributed by atoms with Crippen LogP contribution in [0.3, 0.4) is 0 Å². The van der Waals surface area contributed by atoms with E-state index in [2.05, 4.69) is 23.3 Å². The Labute approximate surface area is 209 Å². The normalized spacial score (nSPS) is 40.2. The summed E-state index contributed by atoms with van der Waals surface area (Å²) in [5, 5.41) is 23.3. The van der Waals surface area contributed by atoms with E-state index in [1.165, 1.54) is 25.5 Å². The third kappa shape index (κ3) is 4.40. The summed E-state index contributed by atoms with van der Waals surface area (Å²) in [6.07, 6.45) is 11.3. The maximum absolute atomic E-state index is 13.5. The molecule has 0 saturated heterocycles. The number of ether oxygens (including phenoxy) is 1. The van der Waals surface area contributed by atoms with Crippen molar-refractivity contribution in [2.75, 3.05) is 18.5 Å². The summed E-state index contributed by atoms with van der Waals surface area (Å²) in [7, 11) is 0. The number of aliphatic hydroxyl groups is 1. The van der Waals surface area contributed by atoms with Crippen LogP contribution in [0.5, 0.6) is 0 Å². The van der Waals surface area contributed by atoms with Crippen LogP contribution in [0.15, 0.2) is 12.3 Å². The maximum Gasteiger partial charge on any atom is 0.229 e. The number of aromatic nitrogens is 1. The lowest BCUT2D eigenvalue weighted by atomic mass is 9.49. The van der Waals surface area contributed by atoms with Crippen LogP contribution >= 0.6 is 0 Å². The SMILES string of the molecule is CCOC[C@@]1(O)CC[C@H]2[C@H](CC[C@@H]3[C@@H]2CC[C@]2(C)[C@@H](C(=O)Nc4ncc(C#N)cc4C)CC[C@@H]32)C1. The molecule has 1 heterocycles. The Balaban J connectivity index is 1.27. The predicted octanol–water partition coefficient (Wildman–Crippen LogP) is 5.24. The van der Waals surface area contributed by atoms with Crippen LogP contribution in [0.2, 0.25) is 0 Å². The van der Waals surface area contributed by atoms with Crippen LogP contribution in [0, 0.1) is 59.2 Å². The number of nitriles is 1. The summed E-state index contributed by atoms with van der Waals surface area (Å²) in [6, 6.07) is 3.89. The Bertz CT molecular complexity index is 1010. The average Bonchev–Trinajstić information content (AvgIpc) is 3.21. The molecule has 2 N–H and O–H groups in total. The van der Waals surface area contributed by atoms with Gasteiger partial charge in [-0.15, -0.1) is 0 Å². The monoisotopic (exact) mass is 479 g/mol. The molecule has 5 rings (SSSR count). The minimum absolute atomic E-state index is 0.0191. The number of nitrogens with one attached hydrogen (secondary N) is 1. The van der Waals surface area contributed by atoms with Gasteiger partial charge in [-0.2, -0.15) is 5.26 Å². The minimum atomic E-state index is -0.638. The molecule has 0 aliphatic heterocycles. The van der Waals surface area contributed by atoms with Gasteiger partial charge in [0.15, 0.2) is 0 Å². The van der Waals surface area contributed by atoms with Crippen molar-refractivity contribution in [1.29, 1.82) is 5.26 Å². The maximum atomic E-state index is 13.5. The molecule has 0 aromatic carbocycles. The van der Waals surface area contributed by atoms with Gasteiger partial charge in [0.25, 0.3) is 0 Å². The van der Waals surface area contributed by atoms with Crippen molar-refractivity contribution >= 4 is 11.7 Å². The van der Waals surface area contributed by atoms with Gasteiger partial charge in [0.1, 0.15) is 11.9 Å². The quantitative estimate of drug-likeness (QED) is 0.602. The summed E-state index contributed by atoms with van der Waals surface area (Å²) in [4.78, 5) is 17.8. The van der Waals surface area contributed by atoms with Crippen LogP contribution in [0.25, 0.3) is 0 Å². The van der Waals surface area contributed by atoms with E-state index in [0.29, 0.717) is 42.3 Å². The molecule has 1 amide bonds. The van der Waals surface area contributed by atoms with E-state index in [4.69, 9.17) is 10.00 Å². The number of amides is 1. The Kier molecular flexibility index (Phi) is 6.70. The number of hydrogen-bond donors (Lipinski definition) is 2. The highest BCUT2D eigenvalue weighted by atomic mass is 16.5. The van der Waals surface area contributed by atoms with Crippen molar-refractivity contribution in [3.8, 4) is 6.07 Å². The minimum Gasteiger partial charge on any atom is -0.387 e. The second-order valence-electron chi connectivity index (χ2n) is 12.2. The highest BCUT2D eigenvalue weighted by Gasteiger charge is 2.59. The largest absolute Gasteiger partial charge is 0.387 e. The number of carbonyl (C=O) groups excluding carboxylic acids is 1. The average molecular weight is 480 g/mol. The number of rotatable bonds is 5. The fourth-order valence-corrected chi connectivity index (χ4v) is 8.79. The molecule has 4 saturated carbocycles. The third-order valence-corrected chi connectivity index (χ3v) is 10.4.